The van der Waals surface area contributed by atoms with E-state index in [9.17, 15) is 0 Å². The van der Waals surface area contributed by atoms with Gasteiger partial charge in [0.25, 0.3) is 0 Å². The minimum atomic E-state index is 0.455. The zero-order valence-corrected chi connectivity index (χ0v) is 12.6. The molecule has 20 heavy (non-hydrogen) atoms. The summed E-state index contributed by atoms with van der Waals surface area (Å²) in [5.74, 6) is 2.29. The first-order valence-corrected chi connectivity index (χ1v) is 6.96. The van der Waals surface area contributed by atoms with Gasteiger partial charge in [-0.15, -0.1) is 0 Å². The van der Waals surface area contributed by atoms with Crippen molar-refractivity contribution < 1.29 is 4.74 Å². The van der Waals surface area contributed by atoms with Gasteiger partial charge >= 0.3 is 0 Å². The molecule has 3 nitrogen and oxygen atoms in total. The third-order valence-electron chi connectivity index (χ3n) is 3.27. The number of ether oxygens (including phenoxy) is 1. The number of nitrogens with zero attached hydrogens (tertiary/aromatic N) is 1. The summed E-state index contributed by atoms with van der Waals surface area (Å²) in [6, 6.07) is 10.4. The van der Waals surface area contributed by atoms with Gasteiger partial charge in [-0.25, -0.2) is 4.98 Å². The summed E-state index contributed by atoms with van der Waals surface area (Å²) >= 11 is 0. The summed E-state index contributed by atoms with van der Waals surface area (Å²) in [4.78, 5) is 4.21. The highest BCUT2D eigenvalue weighted by molar-refractivity contribution is 5.40. The Kier molecular flexibility index (Phi) is 4.61. The predicted octanol–water partition coefficient (Wildman–Crippen LogP) is 4.13. The zero-order chi connectivity index (χ0) is 14.5. The maximum atomic E-state index is 6.01. The standard InChI is InChI=1S/C17H22N2O/c1-12(2)15-6-5-13(3)9-16(15)20-11-14-7-8-19-17(10-14)18-4/h5-10,12H,11H2,1-4H3,(H,18,19). The fraction of sp³-hybridized carbons (Fsp3) is 0.353. The first kappa shape index (κ1) is 14.4. The lowest BCUT2D eigenvalue weighted by molar-refractivity contribution is 0.301. The van der Waals surface area contributed by atoms with Crippen LogP contribution in [0.5, 0.6) is 5.75 Å². The molecule has 1 N–H and O–H groups in total. The summed E-state index contributed by atoms with van der Waals surface area (Å²) in [6.07, 6.45) is 1.80. The second-order valence-corrected chi connectivity index (χ2v) is 5.28. The molecule has 2 rings (SSSR count). The van der Waals surface area contributed by atoms with Gasteiger partial charge in [-0.1, -0.05) is 26.0 Å². The maximum absolute atomic E-state index is 6.01. The molecule has 1 aromatic heterocycles. The highest BCUT2D eigenvalue weighted by Crippen LogP contribution is 2.28. The van der Waals surface area contributed by atoms with Crippen molar-refractivity contribution in [3.8, 4) is 5.75 Å². The third-order valence-corrected chi connectivity index (χ3v) is 3.27. The lowest BCUT2D eigenvalue weighted by atomic mass is 10.0. The molecule has 0 aliphatic rings. The Hall–Kier alpha value is -2.03. The summed E-state index contributed by atoms with van der Waals surface area (Å²) in [7, 11) is 1.87. The van der Waals surface area contributed by atoms with Crippen LogP contribution in [0.4, 0.5) is 5.82 Å². The molecule has 1 aromatic carbocycles. The van der Waals surface area contributed by atoms with Gasteiger partial charge in [0, 0.05) is 13.2 Å². The van der Waals surface area contributed by atoms with E-state index in [1.54, 1.807) is 6.20 Å². The van der Waals surface area contributed by atoms with Crippen LogP contribution in [0, 0.1) is 6.92 Å². The van der Waals surface area contributed by atoms with E-state index in [2.05, 4.69) is 49.3 Å². The molecule has 0 saturated heterocycles. The number of hydrogen-bond acceptors (Lipinski definition) is 3. The highest BCUT2D eigenvalue weighted by atomic mass is 16.5. The summed E-state index contributed by atoms with van der Waals surface area (Å²) in [5.41, 5.74) is 3.58. The van der Waals surface area contributed by atoms with Gasteiger partial charge < -0.3 is 10.1 Å². The van der Waals surface area contributed by atoms with E-state index in [0.717, 1.165) is 17.1 Å². The van der Waals surface area contributed by atoms with Crippen LogP contribution in [-0.4, -0.2) is 12.0 Å². The number of anilines is 1. The van der Waals surface area contributed by atoms with Crippen molar-refractivity contribution in [1.29, 1.82) is 0 Å². The predicted molar refractivity (Wildman–Crippen MR) is 83.4 cm³/mol. The van der Waals surface area contributed by atoms with Crippen molar-refractivity contribution in [2.24, 2.45) is 0 Å². The summed E-state index contributed by atoms with van der Waals surface area (Å²) < 4.78 is 6.01. The van der Waals surface area contributed by atoms with Gasteiger partial charge in [0.2, 0.25) is 0 Å². The van der Waals surface area contributed by atoms with E-state index in [0.29, 0.717) is 12.5 Å². The average Bonchev–Trinajstić information content (AvgIpc) is 2.45. The van der Waals surface area contributed by atoms with Gasteiger partial charge in [0.15, 0.2) is 0 Å². The van der Waals surface area contributed by atoms with E-state index in [-0.39, 0.29) is 0 Å². The molecule has 3 heteroatoms. The van der Waals surface area contributed by atoms with E-state index < -0.39 is 0 Å². The van der Waals surface area contributed by atoms with Crippen LogP contribution in [0.2, 0.25) is 0 Å². The molecule has 106 valence electrons. The molecule has 0 radical (unpaired) electrons. The monoisotopic (exact) mass is 270 g/mol. The quantitative estimate of drug-likeness (QED) is 0.887. The van der Waals surface area contributed by atoms with Crippen LogP contribution in [0.1, 0.15) is 36.5 Å². The first-order valence-electron chi connectivity index (χ1n) is 6.96. The van der Waals surface area contributed by atoms with Crippen LogP contribution in [0.25, 0.3) is 0 Å². The van der Waals surface area contributed by atoms with Gasteiger partial charge in [-0.2, -0.15) is 0 Å². The Morgan fingerprint density at radius 2 is 2.00 bits per heavy atom. The van der Waals surface area contributed by atoms with Gasteiger partial charge in [-0.05, 0) is 47.7 Å². The Morgan fingerprint density at radius 3 is 2.70 bits per heavy atom. The SMILES string of the molecule is CNc1cc(COc2cc(C)ccc2C(C)C)ccn1. The molecule has 0 aliphatic heterocycles. The Bertz CT molecular complexity index is 579. The normalized spacial score (nSPS) is 10.7. The van der Waals surface area contributed by atoms with Crippen molar-refractivity contribution in [1.82, 2.24) is 4.98 Å². The minimum Gasteiger partial charge on any atom is -0.489 e. The zero-order valence-electron chi connectivity index (χ0n) is 12.6. The smallest absolute Gasteiger partial charge is 0.126 e. The molecule has 0 fully saturated rings. The molecule has 0 bridgehead atoms. The Balaban J connectivity index is 2.15. The number of rotatable bonds is 5. The number of nitrogens with one attached hydrogen (secondary N) is 1. The van der Waals surface area contributed by atoms with Crippen molar-refractivity contribution in [2.75, 3.05) is 12.4 Å². The van der Waals surface area contributed by atoms with Crippen LogP contribution >= 0.6 is 0 Å². The van der Waals surface area contributed by atoms with Crippen LogP contribution < -0.4 is 10.1 Å². The van der Waals surface area contributed by atoms with Gasteiger partial charge in [-0.3, -0.25) is 0 Å². The summed E-state index contributed by atoms with van der Waals surface area (Å²) in [5, 5.41) is 3.04. The largest absolute Gasteiger partial charge is 0.489 e. The third kappa shape index (κ3) is 3.50. The average molecular weight is 270 g/mol. The molecule has 0 saturated carbocycles. The van der Waals surface area contributed by atoms with E-state index in [4.69, 9.17) is 4.74 Å². The van der Waals surface area contributed by atoms with Gasteiger partial charge in [0.05, 0.1) is 0 Å². The van der Waals surface area contributed by atoms with Gasteiger partial charge in [0.1, 0.15) is 18.2 Å². The maximum Gasteiger partial charge on any atom is 0.126 e. The van der Waals surface area contributed by atoms with Crippen molar-refractivity contribution in [2.45, 2.75) is 33.3 Å². The number of aromatic nitrogens is 1. The fourth-order valence-electron chi connectivity index (χ4n) is 2.11. The fourth-order valence-corrected chi connectivity index (χ4v) is 2.11. The van der Waals surface area contributed by atoms with Crippen molar-refractivity contribution in [3.63, 3.8) is 0 Å². The molecular formula is C17H22N2O. The highest BCUT2D eigenvalue weighted by Gasteiger charge is 2.08. The number of hydrogen-bond donors (Lipinski definition) is 1. The number of pyridine rings is 1. The topological polar surface area (TPSA) is 34.1 Å². The van der Waals surface area contributed by atoms with Crippen LogP contribution in [-0.2, 0) is 6.61 Å². The van der Waals surface area contributed by atoms with Crippen molar-refractivity contribution in [3.05, 3.63) is 53.2 Å². The van der Waals surface area contributed by atoms with Crippen LogP contribution in [0.3, 0.4) is 0 Å². The first-order chi connectivity index (χ1) is 9.60. The Morgan fingerprint density at radius 1 is 1.20 bits per heavy atom. The molecule has 0 aliphatic carbocycles. The summed E-state index contributed by atoms with van der Waals surface area (Å²) in [6.45, 7) is 7.01. The minimum absolute atomic E-state index is 0.455. The van der Waals surface area contributed by atoms with E-state index in [1.165, 1.54) is 11.1 Å². The van der Waals surface area contributed by atoms with Crippen LogP contribution in [0.15, 0.2) is 36.5 Å². The lowest BCUT2D eigenvalue weighted by Crippen LogP contribution is -2.01. The molecule has 0 atom stereocenters. The Labute approximate surface area is 121 Å². The molecule has 2 aromatic rings. The molecule has 0 spiro atoms. The second-order valence-electron chi connectivity index (χ2n) is 5.28. The van der Waals surface area contributed by atoms with E-state index in [1.807, 2.05) is 19.2 Å². The number of benzene rings is 1. The molecule has 0 amide bonds. The number of aryl methyl sites for hydroxylation is 1. The van der Waals surface area contributed by atoms with E-state index >= 15 is 0 Å². The molecule has 0 unspecified atom stereocenters. The van der Waals surface area contributed by atoms with Crippen molar-refractivity contribution >= 4 is 5.82 Å². The second kappa shape index (κ2) is 6.42. The molecular weight excluding hydrogens is 248 g/mol. The lowest BCUT2D eigenvalue weighted by Gasteiger charge is -2.15. The molecule has 1 heterocycles.